The molecule has 18 heavy (non-hydrogen) atoms. The minimum Gasteiger partial charge on any atom is -0.355 e. The molecule has 3 aromatic rings. The maximum absolute atomic E-state index is 11.7. The van der Waals surface area contributed by atoms with Gasteiger partial charge in [0.1, 0.15) is 5.52 Å². The fraction of sp³-hybridized carbons (Fsp3) is 0.0769. The van der Waals surface area contributed by atoms with Crippen LogP contribution in [0.1, 0.15) is 5.56 Å². The van der Waals surface area contributed by atoms with Crippen molar-refractivity contribution in [2.24, 2.45) is 0 Å². The Balaban J connectivity index is 2.21. The summed E-state index contributed by atoms with van der Waals surface area (Å²) < 4.78 is 2.36. The molecule has 2 N–H and O–H groups in total. The third-order valence-corrected chi connectivity index (χ3v) is 3.21. The lowest BCUT2D eigenvalue weighted by Gasteiger charge is -2.08. The first-order chi connectivity index (χ1) is 8.75. The zero-order valence-electron chi connectivity index (χ0n) is 9.51. The van der Waals surface area contributed by atoms with Gasteiger partial charge in [-0.25, -0.2) is 0 Å². The number of aromatic nitrogens is 3. The van der Waals surface area contributed by atoms with Gasteiger partial charge in [-0.3, -0.25) is 9.78 Å². The standard InChI is InChI=1S/C13H11N3OS/c17-12-11-10(6-7-14-11)16(13(18)15-12)8-9-4-2-1-3-5-9/h1-7,14H,8H2,(H,15,17,18). The normalized spacial score (nSPS) is 10.9. The van der Waals surface area contributed by atoms with Crippen LogP contribution in [0.3, 0.4) is 0 Å². The van der Waals surface area contributed by atoms with Crippen molar-refractivity contribution in [2.75, 3.05) is 0 Å². The smallest absolute Gasteiger partial charge is 0.276 e. The third kappa shape index (κ3) is 1.78. The van der Waals surface area contributed by atoms with Crippen molar-refractivity contribution in [1.82, 2.24) is 14.5 Å². The summed E-state index contributed by atoms with van der Waals surface area (Å²) in [5.41, 5.74) is 2.35. The molecule has 0 atom stereocenters. The summed E-state index contributed by atoms with van der Waals surface area (Å²) in [7, 11) is 0. The van der Waals surface area contributed by atoms with Crippen LogP contribution < -0.4 is 5.56 Å². The van der Waals surface area contributed by atoms with E-state index in [9.17, 15) is 4.79 Å². The molecule has 0 amide bonds. The van der Waals surface area contributed by atoms with E-state index in [-0.39, 0.29) is 5.56 Å². The summed E-state index contributed by atoms with van der Waals surface area (Å²) >= 11 is 5.23. The molecule has 4 nitrogen and oxygen atoms in total. The first-order valence-corrected chi connectivity index (χ1v) is 6.00. The Kier molecular flexibility index (Phi) is 2.60. The van der Waals surface area contributed by atoms with E-state index in [2.05, 4.69) is 9.97 Å². The van der Waals surface area contributed by atoms with Gasteiger partial charge in [-0.1, -0.05) is 30.3 Å². The van der Waals surface area contributed by atoms with E-state index in [1.165, 1.54) is 0 Å². The van der Waals surface area contributed by atoms with Gasteiger partial charge in [-0.05, 0) is 23.8 Å². The number of hydrogen-bond acceptors (Lipinski definition) is 2. The zero-order chi connectivity index (χ0) is 12.5. The van der Waals surface area contributed by atoms with Gasteiger partial charge in [-0.2, -0.15) is 0 Å². The van der Waals surface area contributed by atoms with Crippen molar-refractivity contribution < 1.29 is 0 Å². The number of benzene rings is 1. The first-order valence-electron chi connectivity index (χ1n) is 5.60. The molecular formula is C13H11N3OS. The van der Waals surface area contributed by atoms with Crippen molar-refractivity contribution in [2.45, 2.75) is 6.54 Å². The van der Waals surface area contributed by atoms with Crippen LogP contribution >= 0.6 is 12.2 Å². The summed E-state index contributed by atoms with van der Waals surface area (Å²) in [6.07, 6.45) is 1.75. The van der Waals surface area contributed by atoms with Gasteiger partial charge in [0, 0.05) is 6.20 Å². The fourth-order valence-corrected chi connectivity index (χ4v) is 2.28. The summed E-state index contributed by atoms with van der Waals surface area (Å²) in [6, 6.07) is 11.9. The molecule has 2 heterocycles. The summed E-state index contributed by atoms with van der Waals surface area (Å²) in [6.45, 7) is 0.644. The molecular weight excluding hydrogens is 246 g/mol. The lowest BCUT2D eigenvalue weighted by molar-refractivity contribution is 0.782. The highest BCUT2D eigenvalue weighted by Gasteiger charge is 2.06. The Morgan fingerprint density at radius 3 is 2.72 bits per heavy atom. The molecule has 1 aromatic carbocycles. The molecule has 90 valence electrons. The third-order valence-electron chi connectivity index (χ3n) is 2.89. The molecule has 0 aliphatic rings. The molecule has 0 bridgehead atoms. The van der Waals surface area contributed by atoms with Crippen LogP contribution in [0.15, 0.2) is 47.4 Å². The number of aromatic amines is 2. The highest BCUT2D eigenvalue weighted by Crippen LogP contribution is 2.11. The van der Waals surface area contributed by atoms with Crippen LogP contribution in [0.2, 0.25) is 0 Å². The second-order valence-corrected chi connectivity index (χ2v) is 4.46. The largest absolute Gasteiger partial charge is 0.355 e. The van der Waals surface area contributed by atoms with E-state index in [4.69, 9.17) is 12.2 Å². The van der Waals surface area contributed by atoms with Crippen molar-refractivity contribution >= 4 is 23.3 Å². The second-order valence-electron chi connectivity index (χ2n) is 4.07. The molecule has 3 rings (SSSR count). The molecule has 0 aliphatic carbocycles. The van der Waals surface area contributed by atoms with Crippen LogP contribution in [-0.2, 0) is 6.54 Å². The monoisotopic (exact) mass is 257 g/mol. The quantitative estimate of drug-likeness (QED) is 0.693. The van der Waals surface area contributed by atoms with Crippen LogP contribution in [0.5, 0.6) is 0 Å². The maximum atomic E-state index is 11.7. The molecule has 5 heteroatoms. The minimum absolute atomic E-state index is 0.177. The molecule has 0 fully saturated rings. The lowest BCUT2D eigenvalue weighted by Crippen LogP contribution is -2.14. The van der Waals surface area contributed by atoms with Gasteiger partial charge >= 0.3 is 0 Å². The number of nitrogens with one attached hydrogen (secondary N) is 2. The maximum Gasteiger partial charge on any atom is 0.276 e. The Morgan fingerprint density at radius 2 is 1.94 bits per heavy atom. The van der Waals surface area contributed by atoms with Crippen molar-refractivity contribution in [1.29, 1.82) is 0 Å². The molecule has 0 radical (unpaired) electrons. The van der Waals surface area contributed by atoms with E-state index in [1.54, 1.807) is 6.20 Å². The number of fused-ring (bicyclic) bond motifs is 1. The molecule has 2 aromatic heterocycles. The Hall–Kier alpha value is -2.14. The minimum atomic E-state index is -0.177. The van der Waals surface area contributed by atoms with E-state index in [1.807, 2.05) is 41.0 Å². The van der Waals surface area contributed by atoms with Crippen LogP contribution in [-0.4, -0.2) is 14.5 Å². The lowest BCUT2D eigenvalue weighted by atomic mass is 10.2. The number of nitrogens with zero attached hydrogens (tertiary/aromatic N) is 1. The highest BCUT2D eigenvalue weighted by atomic mass is 32.1. The van der Waals surface area contributed by atoms with E-state index < -0.39 is 0 Å². The van der Waals surface area contributed by atoms with Gasteiger partial charge in [0.25, 0.3) is 5.56 Å². The highest BCUT2D eigenvalue weighted by molar-refractivity contribution is 7.71. The average Bonchev–Trinajstić information content (AvgIpc) is 2.85. The van der Waals surface area contributed by atoms with Crippen molar-refractivity contribution in [3.63, 3.8) is 0 Å². The van der Waals surface area contributed by atoms with Crippen molar-refractivity contribution in [3.05, 3.63) is 63.3 Å². The SMILES string of the molecule is O=c1[nH]c(=S)n(Cc2ccccc2)c2cc[nH]c12. The van der Waals surface area contributed by atoms with Gasteiger partial charge in [0.2, 0.25) is 0 Å². The van der Waals surface area contributed by atoms with Crippen LogP contribution in [0, 0.1) is 4.77 Å². The van der Waals surface area contributed by atoms with Crippen LogP contribution in [0.4, 0.5) is 0 Å². The molecule has 0 saturated heterocycles. The van der Waals surface area contributed by atoms with Gasteiger partial charge < -0.3 is 9.55 Å². The Morgan fingerprint density at radius 1 is 1.17 bits per heavy atom. The predicted octanol–water partition coefficient (Wildman–Crippen LogP) is 2.44. The number of rotatable bonds is 2. The molecule has 0 spiro atoms. The molecule has 0 aliphatic heterocycles. The van der Waals surface area contributed by atoms with Crippen LogP contribution in [0.25, 0.3) is 11.0 Å². The van der Waals surface area contributed by atoms with E-state index in [0.29, 0.717) is 16.8 Å². The zero-order valence-corrected chi connectivity index (χ0v) is 10.3. The number of H-pyrrole nitrogens is 2. The predicted molar refractivity (Wildman–Crippen MR) is 73.3 cm³/mol. The average molecular weight is 257 g/mol. The Bertz CT molecular complexity index is 798. The van der Waals surface area contributed by atoms with E-state index in [0.717, 1.165) is 11.1 Å². The summed E-state index contributed by atoms with van der Waals surface area (Å²) in [4.78, 5) is 17.3. The number of hydrogen-bond donors (Lipinski definition) is 2. The van der Waals surface area contributed by atoms with Gasteiger partial charge in [0.05, 0.1) is 12.1 Å². The van der Waals surface area contributed by atoms with Gasteiger partial charge in [0.15, 0.2) is 4.77 Å². The summed E-state index contributed by atoms with van der Waals surface area (Å²) in [5, 5.41) is 0. The van der Waals surface area contributed by atoms with Gasteiger partial charge in [-0.15, -0.1) is 0 Å². The molecule has 0 unspecified atom stereocenters. The first kappa shape index (κ1) is 11.0. The Labute approximate surface area is 108 Å². The fourth-order valence-electron chi connectivity index (χ4n) is 2.03. The second kappa shape index (κ2) is 4.27. The topological polar surface area (TPSA) is 53.6 Å². The molecule has 0 saturated carbocycles. The summed E-state index contributed by atoms with van der Waals surface area (Å²) in [5.74, 6) is 0. The van der Waals surface area contributed by atoms with Crippen molar-refractivity contribution in [3.8, 4) is 0 Å². The van der Waals surface area contributed by atoms with E-state index >= 15 is 0 Å².